The number of nitrogens with zero attached hydrogens (tertiary/aromatic N) is 3. The van der Waals surface area contributed by atoms with E-state index in [9.17, 15) is 9.59 Å². The van der Waals surface area contributed by atoms with E-state index in [2.05, 4.69) is 4.98 Å². The molecule has 4 rings (SSSR count). The van der Waals surface area contributed by atoms with Crippen LogP contribution in [0.3, 0.4) is 0 Å². The second-order valence-electron chi connectivity index (χ2n) is 6.16. The van der Waals surface area contributed by atoms with Crippen LogP contribution in [0.15, 0.2) is 34.0 Å². The van der Waals surface area contributed by atoms with Gasteiger partial charge in [-0.25, -0.2) is 4.79 Å². The molecule has 0 radical (unpaired) electrons. The largest absolute Gasteiger partial charge is 0.494 e. The van der Waals surface area contributed by atoms with Gasteiger partial charge >= 0.3 is 5.69 Å². The minimum Gasteiger partial charge on any atom is -0.494 e. The lowest BCUT2D eigenvalue weighted by Gasteiger charge is -2.29. The van der Waals surface area contributed by atoms with Gasteiger partial charge in [0.25, 0.3) is 5.56 Å². The second kappa shape index (κ2) is 5.47. The van der Waals surface area contributed by atoms with E-state index in [1.165, 1.54) is 4.57 Å². The summed E-state index contributed by atoms with van der Waals surface area (Å²) < 4.78 is 8.49. The van der Waals surface area contributed by atoms with E-state index in [0.29, 0.717) is 28.7 Å². The van der Waals surface area contributed by atoms with Crippen LogP contribution >= 0.6 is 0 Å². The normalized spacial score (nSPS) is 14.9. The minimum atomic E-state index is -0.273. The lowest BCUT2D eigenvalue weighted by Crippen LogP contribution is -2.42. The molecule has 0 saturated heterocycles. The number of ether oxygens (including phenoxy) is 1. The first-order chi connectivity index (χ1) is 11.7. The van der Waals surface area contributed by atoms with Crippen molar-refractivity contribution in [2.75, 3.05) is 7.11 Å². The molecule has 6 nitrogen and oxygen atoms in total. The molecule has 1 aromatic carbocycles. The molecule has 2 heterocycles. The summed E-state index contributed by atoms with van der Waals surface area (Å²) in [7, 11) is 1.59. The number of rotatable bonds is 3. The van der Waals surface area contributed by atoms with Gasteiger partial charge in [-0.3, -0.25) is 18.9 Å². The molecular formula is C18H19N3O3. The highest BCUT2D eigenvalue weighted by Crippen LogP contribution is 2.35. The number of methoxy groups -OCH3 is 1. The molecule has 1 aliphatic rings. The van der Waals surface area contributed by atoms with Crippen molar-refractivity contribution in [2.24, 2.45) is 0 Å². The number of hydrogen-bond donors (Lipinski definition) is 0. The summed E-state index contributed by atoms with van der Waals surface area (Å²) in [4.78, 5) is 30.1. The van der Waals surface area contributed by atoms with Gasteiger partial charge in [0.2, 0.25) is 0 Å². The first-order valence-corrected chi connectivity index (χ1v) is 8.28. The van der Waals surface area contributed by atoms with Crippen LogP contribution in [-0.2, 0) is 6.54 Å². The molecule has 124 valence electrons. The summed E-state index contributed by atoms with van der Waals surface area (Å²) in [5.74, 6) is 0.640. The maximum atomic E-state index is 12.9. The van der Waals surface area contributed by atoms with Crippen LogP contribution in [0.5, 0.6) is 5.75 Å². The molecule has 0 N–H and O–H groups in total. The predicted molar refractivity (Wildman–Crippen MR) is 92.9 cm³/mol. The number of hydrogen-bond acceptors (Lipinski definition) is 4. The molecule has 3 aromatic rings. The fraction of sp³-hybridized carbons (Fsp3) is 0.389. The highest BCUT2D eigenvalue weighted by atomic mass is 16.5. The molecule has 0 bridgehead atoms. The van der Waals surface area contributed by atoms with Gasteiger partial charge < -0.3 is 4.74 Å². The van der Waals surface area contributed by atoms with Crippen LogP contribution in [0.1, 0.15) is 32.2 Å². The van der Waals surface area contributed by atoms with E-state index in [1.807, 2.05) is 25.1 Å². The van der Waals surface area contributed by atoms with Crippen LogP contribution < -0.4 is 16.0 Å². The van der Waals surface area contributed by atoms with Gasteiger partial charge in [0.15, 0.2) is 0 Å². The molecule has 0 amide bonds. The number of fused-ring (bicyclic) bond motifs is 3. The van der Waals surface area contributed by atoms with Gasteiger partial charge in [-0.05, 0) is 32.3 Å². The van der Waals surface area contributed by atoms with Crippen LogP contribution in [0.2, 0.25) is 0 Å². The zero-order valence-electron chi connectivity index (χ0n) is 13.8. The summed E-state index contributed by atoms with van der Waals surface area (Å²) in [6.07, 6.45) is 4.61. The summed E-state index contributed by atoms with van der Waals surface area (Å²) >= 11 is 0. The first kappa shape index (κ1) is 14.9. The monoisotopic (exact) mass is 325 g/mol. The quantitative estimate of drug-likeness (QED) is 0.694. The number of pyridine rings is 1. The summed E-state index contributed by atoms with van der Waals surface area (Å²) in [5, 5.41) is 1.28. The third-order valence-corrected chi connectivity index (χ3v) is 4.96. The van der Waals surface area contributed by atoms with E-state index < -0.39 is 0 Å². The molecule has 0 spiro atoms. The standard InChI is InChI=1S/C18H19N3O3/c1-3-20-17(22)13-10-19-15-12(8-5-9-14(15)24-2)16(13)21(18(20)23)11-6-4-7-11/h5,8-11H,3-4,6-7H2,1-2H3. The summed E-state index contributed by atoms with van der Waals surface area (Å²) in [5.41, 5.74) is 0.859. The smallest absolute Gasteiger partial charge is 0.331 e. The van der Waals surface area contributed by atoms with Crippen molar-refractivity contribution >= 4 is 21.8 Å². The van der Waals surface area contributed by atoms with Crippen molar-refractivity contribution in [1.82, 2.24) is 14.1 Å². The van der Waals surface area contributed by atoms with Crippen molar-refractivity contribution < 1.29 is 4.74 Å². The zero-order chi connectivity index (χ0) is 16.8. The Kier molecular flexibility index (Phi) is 3.40. The fourth-order valence-electron chi connectivity index (χ4n) is 3.48. The third kappa shape index (κ3) is 1.92. The van der Waals surface area contributed by atoms with Crippen LogP contribution in [0.25, 0.3) is 21.8 Å². The van der Waals surface area contributed by atoms with Crippen molar-refractivity contribution in [3.8, 4) is 5.75 Å². The Balaban J connectivity index is 2.25. The molecular weight excluding hydrogens is 306 g/mol. The van der Waals surface area contributed by atoms with Crippen molar-refractivity contribution in [2.45, 2.75) is 38.8 Å². The Morgan fingerprint density at radius 1 is 1.25 bits per heavy atom. The van der Waals surface area contributed by atoms with Gasteiger partial charge in [-0.2, -0.15) is 0 Å². The highest BCUT2D eigenvalue weighted by Gasteiger charge is 2.26. The zero-order valence-corrected chi connectivity index (χ0v) is 13.8. The Labute approximate surface area is 138 Å². The van der Waals surface area contributed by atoms with Crippen molar-refractivity contribution in [1.29, 1.82) is 0 Å². The average molecular weight is 325 g/mol. The van der Waals surface area contributed by atoms with Crippen LogP contribution in [0.4, 0.5) is 0 Å². The molecule has 0 aliphatic heterocycles. The topological polar surface area (TPSA) is 66.1 Å². The van der Waals surface area contributed by atoms with Gasteiger partial charge in [0.1, 0.15) is 11.3 Å². The summed E-state index contributed by atoms with van der Waals surface area (Å²) in [6.45, 7) is 2.17. The van der Waals surface area contributed by atoms with E-state index >= 15 is 0 Å². The molecule has 2 aromatic heterocycles. The lowest BCUT2D eigenvalue weighted by molar-refractivity contribution is 0.306. The Morgan fingerprint density at radius 3 is 2.67 bits per heavy atom. The molecule has 1 aliphatic carbocycles. The lowest BCUT2D eigenvalue weighted by atomic mass is 9.92. The van der Waals surface area contributed by atoms with Gasteiger partial charge in [0, 0.05) is 24.2 Å². The van der Waals surface area contributed by atoms with Gasteiger partial charge in [-0.1, -0.05) is 12.1 Å². The van der Waals surface area contributed by atoms with Crippen LogP contribution in [-0.4, -0.2) is 21.2 Å². The van der Waals surface area contributed by atoms with Crippen molar-refractivity contribution in [3.63, 3.8) is 0 Å². The Morgan fingerprint density at radius 2 is 2.04 bits per heavy atom. The van der Waals surface area contributed by atoms with Crippen molar-refractivity contribution in [3.05, 3.63) is 45.2 Å². The summed E-state index contributed by atoms with van der Waals surface area (Å²) in [6, 6.07) is 5.75. The maximum absolute atomic E-state index is 12.9. The SMILES string of the molecule is CCn1c(=O)c2cnc3c(OC)cccc3c2n(C2CCC2)c1=O. The molecule has 6 heteroatoms. The maximum Gasteiger partial charge on any atom is 0.331 e. The second-order valence-corrected chi connectivity index (χ2v) is 6.16. The Hall–Kier alpha value is -2.63. The molecule has 1 saturated carbocycles. The van der Waals surface area contributed by atoms with E-state index in [4.69, 9.17) is 4.74 Å². The van der Waals surface area contributed by atoms with E-state index in [-0.39, 0.29) is 17.3 Å². The van der Waals surface area contributed by atoms with Gasteiger partial charge in [0.05, 0.1) is 18.0 Å². The highest BCUT2D eigenvalue weighted by molar-refractivity contribution is 6.04. The van der Waals surface area contributed by atoms with Crippen LogP contribution in [0, 0.1) is 0 Å². The fourth-order valence-corrected chi connectivity index (χ4v) is 3.48. The van der Waals surface area contributed by atoms with Gasteiger partial charge in [-0.15, -0.1) is 0 Å². The Bertz CT molecular complexity index is 1060. The predicted octanol–water partition coefficient (Wildman–Crippen LogP) is 2.46. The molecule has 0 atom stereocenters. The molecule has 24 heavy (non-hydrogen) atoms. The van der Waals surface area contributed by atoms with E-state index in [0.717, 1.165) is 24.6 Å². The molecule has 0 unspecified atom stereocenters. The number of aromatic nitrogens is 3. The van der Waals surface area contributed by atoms with E-state index in [1.54, 1.807) is 17.9 Å². The molecule has 1 fully saturated rings. The number of benzene rings is 1. The first-order valence-electron chi connectivity index (χ1n) is 8.28. The minimum absolute atomic E-state index is 0.148. The number of para-hydroxylation sites is 1. The average Bonchev–Trinajstić information content (AvgIpc) is 2.56. The third-order valence-electron chi connectivity index (χ3n) is 4.96.